The molecule has 2 aliphatic rings. The first-order chi connectivity index (χ1) is 17.6. The Labute approximate surface area is 209 Å². The van der Waals surface area contributed by atoms with Crippen molar-refractivity contribution in [3.05, 3.63) is 90.0 Å². The topological polar surface area (TPSA) is 99.3 Å². The average Bonchev–Trinajstić information content (AvgIpc) is 3.59. The highest BCUT2D eigenvalue weighted by atomic mass is 16.5. The Balaban J connectivity index is 1.38. The highest BCUT2D eigenvalue weighted by Gasteiger charge is 2.53. The summed E-state index contributed by atoms with van der Waals surface area (Å²) in [4.78, 5) is 27.9. The maximum atomic E-state index is 14.3. The Morgan fingerprint density at radius 2 is 1.94 bits per heavy atom. The number of methoxy groups -OCH3 is 1. The Morgan fingerprint density at radius 1 is 1.11 bits per heavy atom. The Bertz CT molecular complexity index is 1360. The molecule has 6 rings (SSSR count). The van der Waals surface area contributed by atoms with Crippen LogP contribution in [-0.2, 0) is 23.3 Å². The predicted molar refractivity (Wildman–Crippen MR) is 136 cm³/mol. The maximum Gasteiger partial charge on any atom is 0.240 e. The molecule has 1 fully saturated rings. The molecule has 4 heterocycles. The molecule has 2 aromatic heterocycles. The number of aromatic nitrogens is 4. The summed E-state index contributed by atoms with van der Waals surface area (Å²) >= 11 is 0. The summed E-state index contributed by atoms with van der Waals surface area (Å²) in [5, 5.41) is 10.5. The van der Waals surface area contributed by atoms with E-state index in [2.05, 4.69) is 25.4 Å². The number of benzene rings is 2. The molecule has 0 radical (unpaired) electrons. The van der Waals surface area contributed by atoms with Crippen LogP contribution in [0.2, 0.25) is 0 Å². The van der Waals surface area contributed by atoms with Gasteiger partial charge in [-0.3, -0.25) is 14.8 Å². The van der Waals surface area contributed by atoms with Crippen LogP contribution in [0, 0.1) is 0 Å². The van der Waals surface area contributed by atoms with Gasteiger partial charge in [0.05, 0.1) is 25.0 Å². The number of aromatic amines is 1. The third-order valence-corrected chi connectivity index (χ3v) is 7.01. The lowest BCUT2D eigenvalue weighted by Gasteiger charge is -2.40. The van der Waals surface area contributed by atoms with E-state index in [4.69, 9.17) is 9.72 Å². The quantitative estimate of drug-likeness (QED) is 0.434. The maximum absolute atomic E-state index is 14.3. The van der Waals surface area contributed by atoms with Gasteiger partial charge < -0.3 is 15.0 Å². The smallest absolute Gasteiger partial charge is 0.240 e. The van der Waals surface area contributed by atoms with E-state index in [1.54, 1.807) is 7.11 Å². The van der Waals surface area contributed by atoms with Gasteiger partial charge in [0.2, 0.25) is 11.9 Å². The number of carbonyl (C=O) groups is 1. The number of rotatable bonds is 6. The molecular formula is C27H27N7O2. The normalized spacial score (nSPS) is 19.5. The zero-order chi connectivity index (χ0) is 24.5. The van der Waals surface area contributed by atoms with Gasteiger partial charge in [-0.1, -0.05) is 18.2 Å². The number of para-hydroxylation sites is 1. The van der Waals surface area contributed by atoms with E-state index >= 15 is 0 Å². The highest BCUT2D eigenvalue weighted by molar-refractivity contribution is 6.03. The molecular weight excluding hydrogens is 454 g/mol. The van der Waals surface area contributed by atoms with Gasteiger partial charge in [0.15, 0.2) is 0 Å². The minimum Gasteiger partial charge on any atom is -0.497 e. The largest absolute Gasteiger partial charge is 0.497 e. The van der Waals surface area contributed by atoms with Gasteiger partial charge in [-0.25, -0.2) is 9.97 Å². The van der Waals surface area contributed by atoms with Crippen LogP contribution in [-0.4, -0.2) is 51.2 Å². The minimum absolute atomic E-state index is 0.0639. The number of H-pyrrole nitrogens is 1. The van der Waals surface area contributed by atoms with E-state index in [1.807, 2.05) is 78.0 Å². The number of nitrogens with zero attached hydrogens (tertiary/aromatic N) is 5. The van der Waals surface area contributed by atoms with Crippen molar-refractivity contribution in [2.24, 2.45) is 0 Å². The Kier molecular flexibility index (Phi) is 5.61. The summed E-state index contributed by atoms with van der Waals surface area (Å²) in [6.07, 6.45) is 4.36. The summed E-state index contributed by atoms with van der Waals surface area (Å²) in [6, 6.07) is 19.4. The molecule has 4 aromatic rings. The average molecular weight is 482 g/mol. The Morgan fingerprint density at radius 3 is 2.69 bits per heavy atom. The van der Waals surface area contributed by atoms with Gasteiger partial charge >= 0.3 is 0 Å². The van der Waals surface area contributed by atoms with Crippen LogP contribution in [0.4, 0.5) is 17.3 Å². The summed E-state index contributed by atoms with van der Waals surface area (Å²) in [5.41, 5.74) is 3.71. The van der Waals surface area contributed by atoms with Crippen LogP contribution in [0.1, 0.15) is 23.4 Å². The number of amides is 1. The molecule has 36 heavy (non-hydrogen) atoms. The summed E-state index contributed by atoms with van der Waals surface area (Å²) in [6.45, 7) is 2.45. The molecule has 182 valence electrons. The zero-order valence-corrected chi connectivity index (χ0v) is 20.0. The number of carbonyl (C=O) groups excluding carboxylic acids is 1. The first-order valence-corrected chi connectivity index (χ1v) is 12.0. The molecule has 1 amide bonds. The molecule has 9 nitrogen and oxygen atoms in total. The molecule has 2 aliphatic heterocycles. The summed E-state index contributed by atoms with van der Waals surface area (Å²) in [5.74, 6) is 1.31. The first kappa shape index (κ1) is 22.2. The molecule has 9 heteroatoms. The van der Waals surface area contributed by atoms with Gasteiger partial charge in [-0.05, 0) is 48.9 Å². The van der Waals surface area contributed by atoms with Crippen LogP contribution < -0.4 is 15.0 Å². The highest BCUT2D eigenvalue weighted by Crippen LogP contribution is 2.43. The molecule has 1 saturated heterocycles. The van der Waals surface area contributed by atoms with E-state index in [0.717, 1.165) is 40.6 Å². The third-order valence-electron chi connectivity index (χ3n) is 7.01. The van der Waals surface area contributed by atoms with Crippen molar-refractivity contribution in [2.45, 2.75) is 24.9 Å². The fraction of sp³-hybridized carbons (Fsp3) is 0.259. The van der Waals surface area contributed by atoms with E-state index < -0.39 is 5.41 Å². The first-order valence-electron chi connectivity index (χ1n) is 12.0. The molecule has 1 spiro atoms. The number of ether oxygens (including phenoxy) is 1. The van der Waals surface area contributed by atoms with Gasteiger partial charge in [-0.15, -0.1) is 0 Å². The van der Waals surface area contributed by atoms with E-state index in [-0.39, 0.29) is 5.91 Å². The number of likely N-dealkylation sites (tertiary alicyclic amines) is 1. The summed E-state index contributed by atoms with van der Waals surface area (Å²) < 4.78 is 5.31. The van der Waals surface area contributed by atoms with Crippen molar-refractivity contribution in [2.75, 3.05) is 30.4 Å². The second-order valence-corrected chi connectivity index (χ2v) is 9.26. The van der Waals surface area contributed by atoms with Crippen LogP contribution in [0.5, 0.6) is 5.75 Å². The van der Waals surface area contributed by atoms with Gasteiger partial charge in [-0.2, -0.15) is 5.10 Å². The standard InChI is InChI=1S/C27H27N7O2/c1-36-23-9-7-22(8-10-23)34-16-19-15-28-26(30-20-5-3-2-4-6-20)31-24(19)27(25(34)35)12-14-33(18-27)17-21-11-13-29-32-21/h2-11,13,15H,12,14,16-18H2,1H3,(H,29,32)(H,28,30,31). The second-order valence-electron chi connectivity index (χ2n) is 9.26. The lowest BCUT2D eigenvalue weighted by molar-refractivity contribution is -0.124. The van der Waals surface area contributed by atoms with Crippen molar-refractivity contribution in [1.82, 2.24) is 25.1 Å². The second kappa shape index (κ2) is 9.09. The van der Waals surface area contributed by atoms with Gasteiger partial charge in [0.25, 0.3) is 0 Å². The molecule has 1 atom stereocenters. The monoisotopic (exact) mass is 481 g/mol. The van der Waals surface area contributed by atoms with Crippen LogP contribution in [0.15, 0.2) is 73.1 Å². The Hall–Kier alpha value is -4.24. The lowest BCUT2D eigenvalue weighted by atomic mass is 9.77. The van der Waals surface area contributed by atoms with Crippen molar-refractivity contribution in [3.63, 3.8) is 0 Å². The predicted octanol–water partition coefficient (Wildman–Crippen LogP) is 3.64. The molecule has 1 unspecified atom stereocenters. The molecule has 0 saturated carbocycles. The number of hydrogen-bond acceptors (Lipinski definition) is 7. The van der Waals surface area contributed by atoms with Crippen LogP contribution >= 0.6 is 0 Å². The number of fused-ring (bicyclic) bond motifs is 2. The van der Waals surface area contributed by atoms with Crippen molar-refractivity contribution in [3.8, 4) is 5.75 Å². The van der Waals surface area contributed by atoms with E-state index in [0.29, 0.717) is 32.0 Å². The van der Waals surface area contributed by atoms with E-state index in [9.17, 15) is 4.79 Å². The number of nitrogens with one attached hydrogen (secondary N) is 2. The van der Waals surface area contributed by atoms with Gasteiger partial charge in [0.1, 0.15) is 11.2 Å². The minimum atomic E-state index is -0.764. The fourth-order valence-corrected chi connectivity index (χ4v) is 5.22. The van der Waals surface area contributed by atoms with Crippen LogP contribution in [0.3, 0.4) is 0 Å². The van der Waals surface area contributed by atoms with Crippen LogP contribution in [0.25, 0.3) is 0 Å². The third kappa shape index (κ3) is 3.97. The zero-order valence-electron chi connectivity index (χ0n) is 20.0. The van der Waals surface area contributed by atoms with Crippen molar-refractivity contribution >= 4 is 23.2 Å². The fourth-order valence-electron chi connectivity index (χ4n) is 5.22. The SMILES string of the molecule is COc1ccc(N2Cc3cnc(Nc4ccccc4)nc3C3(CCN(Cc4cc[nH]n4)C3)C2=O)cc1. The summed E-state index contributed by atoms with van der Waals surface area (Å²) in [7, 11) is 1.64. The molecule has 0 aliphatic carbocycles. The van der Waals surface area contributed by atoms with Crippen molar-refractivity contribution < 1.29 is 9.53 Å². The van der Waals surface area contributed by atoms with E-state index in [1.165, 1.54) is 0 Å². The van der Waals surface area contributed by atoms with Gasteiger partial charge in [0, 0.05) is 49.0 Å². The van der Waals surface area contributed by atoms with Crippen molar-refractivity contribution in [1.29, 1.82) is 0 Å². The number of anilines is 3. The molecule has 2 N–H and O–H groups in total. The lowest BCUT2D eigenvalue weighted by Crippen LogP contribution is -2.53. The number of hydrogen-bond donors (Lipinski definition) is 2. The molecule has 0 bridgehead atoms. The molecule has 2 aromatic carbocycles.